The molecule has 98 valence electrons. The average molecular weight is 272 g/mol. The molecule has 2 rings (SSSR count). The van der Waals surface area contributed by atoms with Crippen LogP contribution in [0.4, 0.5) is 14.5 Å². The van der Waals surface area contributed by atoms with Gasteiger partial charge >= 0.3 is 0 Å². The number of rotatable bonds is 3. The number of benzene rings is 1. The molecule has 1 heterocycles. The first-order valence-electron chi connectivity index (χ1n) is 5.68. The van der Waals surface area contributed by atoms with E-state index in [0.29, 0.717) is 12.5 Å². The molecule has 0 aliphatic carbocycles. The van der Waals surface area contributed by atoms with Gasteiger partial charge in [0, 0.05) is 18.3 Å². The molecule has 1 fully saturated rings. The lowest BCUT2D eigenvalue weighted by molar-refractivity contribution is 0.0949. The van der Waals surface area contributed by atoms with Crippen LogP contribution in [0.2, 0.25) is 0 Å². The fourth-order valence-corrected chi connectivity index (χ4v) is 3.12. The van der Waals surface area contributed by atoms with Gasteiger partial charge in [-0.05, 0) is 29.9 Å². The second kappa shape index (κ2) is 5.56. The van der Waals surface area contributed by atoms with E-state index in [9.17, 15) is 13.6 Å². The number of anilines is 1. The molecule has 1 unspecified atom stereocenters. The van der Waals surface area contributed by atoms with E-state index in [2.05, 4.69) is 5.32 Å². The van der Waals surface area contributed by atoms with Crippen LogP contribution in [0, 0.1) is 17.6 Å². The lowest BCUT2D eigenvalue weighted by Gasteiger charge is -2.11. The van der Waals surface area contributed by atoms with Crippen LogP contribution in [0.5, 0.6) is 0 Å². The molecule has 0 bridgehead atoms. The molecule has 6 heteroatoms. The average Bonchev–Trinajstić information content (AvgIpc) is 2.84. The maximum absolute atomic E-state index is 13.0. The van der Waals surface area contributed by atoms with Gasteiger partial charge in [0.2, 0.25) is 0 Å². The Morgan fingerprint density at radius 3 is 2.83 bits per heavy atom. The zero-order valence-corrected chi connectivity index (χ0v) is 10.5. The van der Waals surface area contributed by atoms with Gasteiger partial charge in [-0.2, -0.15) is 11.8 Å². The van der Waals surface area contributed by atoms with Gasteiger partial charge in [-0.1, -0.05) is 0 Å². The number of nitrogens with two attached hydrogens (primary N) is 1. The van der Waals surface area contributed by atoms with Crippen LogP contribution in [-0.2, 0) is 0 Å². The Morgan fingerprint density at radius 2 is 2.17 bits per heavy atom. The molecule has 3 N–H and O–H groups in total. The highest BCUT2D eigenvalue weighted by Crippen LogP contribution is 2.23. The summed E-state index contributed by atoms with van der Waals surface area (Å²) in [6.07, 6.45) is 1.07. The van der Waals surface area contributed by atoms with Crippen LogP contribution in [0.1, 0.15) is 16.8 Å². The van der Waals surface area contributed by atoms with E-state index in [4.69, 9.17) is 5.73 Å². The zero-order chi connectivity index (χ0) is 13.1. The monoisotopic (exact) mass is 272 g/mol. The van der Waals surface area contributed by atoms with Gasteiger partial charge < -0.3 is 11.1 Å². The molecule has 1 aliphatic heterocycles. The number of carbonyl (C=O) groups is 1. The Hall–Kier alpha value is -1.30. The van der Waals surface area contributed by atoms with Crippen molar-refractivity contribution in [2.24, 2.45) is 5.92 Å². The van der Waals surface area contributed by atoms with Crippen LogP contribution in [0.3, 0.4) is 0 Å². The summed E-state index contributed by atoms with van der Waals surface area (Å²) < 4.78 is 25.9. The highest BCUT2D eigenvalue weighted by molar-refractivity contribution is 7.99. The van der Waals surface area contributed by atoms with Gasteiger partial charge in [-0.15, -0.1) is 0 Å². The van der Waals surface area contributed by atoms with Crippen molar-refractivity contribution in [1.29, 1.82) is 0 Å². The minimum atomic E-state index is -1.06. The molecule has 0 radical (unpaired) electrons. The maximum atomic E-state index is 13.0. The third kappa shape index (κ3) is 2.93. The molecule has 0 saturated carbocycles. The molecule has 3 nitrogen and oxygen atoms in total. The molecule has 1 saturated heterocycles. The van der Waals surface area contributed by atoms with E-state index >= 15 is 0 Å². The minimum absolute atomic E-state index is 0.0143. The van der Waals surface area contributed by atoms with Crippen LogP contribution < -0.4 is 11.1 Å². The first-order chi connectivity index (χ1) is 8.58. The highest BCUT2D eigenvalue weighted by atomic mass is 32.2. The number of thioether (sulfide) groups is 1. The van der Waals surface area contributed by atoms with Crippen molar-refractivity contribution in [3.05, 3.63) is 29.3 Å². The van der Waals surface area contributed by atoms with E-state index < -0.39 is 17.5 Å². The van der Waals surface area contributed by atoms with Gasteiger partial charge in [0.15, 0.2) is 11.6 Å². The molecule has 0 spiro atoms. The molecule has 0 aromatic heterocycles. The Morgan fingerprint density at radius 1 is 1.44 bits per heavy atom. The van der Waals surface area contributed by atoms with E-state index in [-0.39, 0.29) is 11.3 Å². The zero-order valence-electron chi connectivity index (χ0n) is 9.71. The summed E-state index contributed by atoms with van der Waals surface area (Å²) >= 11 is 1.85. The van der Waals surface area contributed by atoms with Gasteiger partial charge in [0.25, 0.3) is 5.91 Å². The predicted molar refractivity (Wildman–Crippen MR) is 68.5 cm³/mol. The molecule has 1 aromatic rings. The summed E-state index contributed by atoms with van der Waals surface area (Å²) in [7, 11) is 0. The highest BCUT2D eigenvalue weighted by Gasteiger charge is 2.18. The first kappa shape index (κ1) is 13.1. The fourth-order valence-electron chi connectivity index (χ4n) is 1.84. The first-order valence-corrected chi connectivity index (χ1v) is 6.84. The Balaban J connectivity index is 2.01. The van der Waals surface area contributed by atoms with Crippen molar-refractivity contribution in [3.8, 4) is 0 Å². The molecular formula is C12H14F2N2OS. The lowest BCUT2D eigenvalue weighted by atomic mass is 10.1. The third-order valence-corrected chi connectivity index (χ3v) is 4.14. The third-order valence-electron chi connectivity index (χ3n) is 2.91. The van der Waals surface area contributed by atoms with Crippen molar-refractivity contribution in [3.63, 3.8) is 0 Å². The smallest absolute Gasteiger partial charge is 0.253 e. The van der Waals surface area contributed by atoms with E-state index in [1.54, 1.807) is 0 Å². The molecule has 1 amide bonds. The number of hydrogen-bond acceptors (Lipinski definition) is 3. The van der Waals surface area contributed by atoms with Crippen LogP contribution in [0.25, 0.3) is 0 Å². The van der Waals surface area contributed by atoms with Crippen molar-refractivity contribution >= 4 is 23.4 Å². The molecule has 1 aliphatic rings. The SMILES string of the molecule is Nc1cc(F)c(F)cc1C(=O)NCC1CCSC1. The van der Waals surface area contributed by atoms with Crippen LogP contribution >= 0.6 is 11.8 Å². The van der Waals surface area contributed by atoms with Crippen molar-refractivity contribution in [2.45, 2.75) is 6.42 Å². The normalized spacial score (nSPS) is 18.9. The molecular weight excluding hydrogens is 258 g/mol. The molecule has 18 heavy (non-hydrogen) atoms. The topological polar surface area (TPSA) is 55.1 Å². The maximum Gasteiger partial charge on any atom is 0.253 e. The molecule has 1 atom stereocenters. The van der Waals surface area contributed by atoms with Gasteiger partial charge in [-0.25, -0.2) is 8.78 Å². The number of amides is 1. The van der Waals surface area contributed by atoms with E-state index in [1.807, 2.05) is 11.8 Å². The number of nitrogen functional groups attached to an aromatic ring is 1. The largest absolute Gasteiger partial charge is 0.398 e. The summed E-state index contributed by atoms with van der Waals surface area (Å²) in [4.78, 5) is 11.8. The summed E-state index contributed by atoms with van der Waals surface area (Å²) in [6, 6.07) is 1.67. The number of halogens is 2. The van der Waals surface area contributed by atoms with Crippen molar-refractivity contribution < 1.29 is 13.6 Å². The summed E-state index contributed by atoms with van der Waals surface area (Å²) in [5.74, 6) is 0.0114. The summed E-state index contributed by atoms with van der Waals surface area (Å²) in [5.41, 5.74) is 5.44. The summed E-state index contributed by atoms with van der Waals surface area (Å²) in [5, 5.41) is 2.71. The fraction of sp³-hybridized carbons (Fsp3) is 0.417. The minimum Gasteiger partial charge on any atom is -0.398 e. The van der Waals surface area contributed by atoms with Crippen LogP contribution in [-0.4, -0.2) is 24.0 Å². The van der Waals surface area contributed by atoms with Gasteiger partial charge in [-0.3, -0.25) is 4.79 Å². The number of carbonyl (C=O) groups excluding carboxylic acids is 1. The Bertz CT molecular complexity index is 462. The van der Waals surface area contributed by atoms with Crippen molar-refractivity contribution in [1.82, 2.24) is 5.32 Å². The van der Waals surface area contributed by atoms with Gasteiger partial charge in [0.05, 0.1) is 5.56 Å². The predicted octanol–water partition coefficient (Wildman–Crippen LogP) is 2.03. The Labute approximate surface area is 108 Å². The quantitative estimate of drug-likeness (QED) is 0.828. The second-order valence-corrected chi connectivity index (χ2v) is 5.44. The molecule has 1 aromatic carbocycles. The van der Waals surface area contributed by atoms with Gasteiger partial charge in [0.1, 0.15) is 0 Å². The standard InChI is InChI=1S/C12H14F2N2OS/c13-9-3-8(11(15)4-10(9)14)12(17)16-5-7-1-2-18-6-7/h3-4,7H,1-2,5-6,15H2,(H,16,17). The van der Waals surface area contributed by atoms with E-state index in [0.717, 1.165) is 30.1 Å². The lowest BCUT2D eigenvalue weighted by Crippen LogP contribution is -2.30. The van der Waals surface area contributed by atoms with E-state index in [1.165, 1.54) is 0 Å². The Kier molecular flexibility index (Phi) is 4.06. The number of hydrogen-bond donors (Lipinski definition) is 2. The van der Waals surface area contributed by atoms with Crippen molar-refractivity contribution in [2.75, 3.05) is 23.8 Å². The second-order valence-electron chi connectivity index (χ2n) is 4.29. The summed E-state index contributed by atoms with van der Waals surface area (Å²) in [6.45, 7) is 0.546. The van der Waals surface area contributed by atoms with Crippen LogP contribution in [0.15, 0.2) is 12.1 Å². The number of nitrogens with one attached hydrogen (secondary N) is 1.